The lowest BCUT2D eigenvalue weighted by Crippen LogP contribution is -2.34. The minimum atomic E-state index is 0.826. The highest BCUT2D eigenvalue weighted by atomic mass is 15.2. The topological polar surface area (TPSA) is 15.3 Å². The summed E-state index contributed by atoms with van der Waals surface area (Å²) in [6.45, 7) is 2.41. The Morgan fingerprint density at radius 1 is 1.00 bits per heavy atom. The van der Waals surface area contributed by atoms with Crippen molar-refractivity contribution in [1.29, 1.82) is 0 Å². The Hall–Kier alpha value is -1.18. The van der Waals surface area contributed by atoms with Crippen molar-refractivity contribution in [3.63, 3.8) is 0 Å². The van der Waals surface area contributed by atoms with E-state index in [0.717, 1.165) is 18.5 Å². The first kappa shape index (κ1) is 12.6. The number of hydrogen-bond donors (Lipinski definition) is 1. The van der Waals surface area contributed by atoms with Crippen molar-refractivity contribution in [2.45, 2.75) is 57.4 Å². The van der Waals surface area contributed by atoms with Gasteiger partial charge in [-0.25, -0.2) is 0 Å². The number of anilines is 2. The Kier molecular flexibility index (Phi) is 3.33. The minimum absolute atomic E-state index is 0.826. The smallest absolute Gasteiger partial charge is 0.0374 e. The Balaban J connectivity index is 1.59. The second kappa shape index (κ2) is 5.31. The zero-order valence-electron chi connectivity index (χ0n) is 12.4. The lowest BCUT2D eigenvalue weighted by Gasteiger charge is -2.32. The molecule has 2 aliphatic heterocycles. The van der Waals surface area contributed by atoms with Gasteiger partial charge in [-0.05, 0) is 68.2 Å². The monoisotopic (exact) mass is 270 g/mol. The van der Waals surface area contributed by atoms with E-state index in [-0.39, 0.29) is 0 Å². The van der Waals surface area contributed by atoms with Crippen LogP contribution in [-0.4, -0.2) is 19.1 Å². The van der Waals surface area contributed by atoms with Crippen LogP contribution in [0.1, 0.15) is 50.5 Å². The lowest BCUT2D eigenvalue weighted by atomic mass is 9.95. The van der Waals surface area contributed by atoms with Gasteiger partial charge in [0, 0.05) is 30.5 Å². The molecule has 20 heavy (non-hydrogen) atoms. The third kappa shape index (κ3) is 2.19. The SMILES string of the molecule is c1cc2c(cc1N1CCCC1C1CCCC1)CCCN2. The van der Waals surface area contributed by atoms with Gasteiger partial charge in [0.25, 0.3) is 0 Å². The fraction of sp³-hybridized carbons (Fsp3) is 0.667. The lowest BCUT2D eigenvalue weighted by molar-refractivity contribution is 0.431. The Morgan fingerprint density at radius 2 is 1.90 bits per heavy atom. The maximum absolute atomic E-state index is 3.53. The van der Waals surface area contributed by atoms with E-state index in [2.05, 4.69) is 28.4 Å². The van der Waals surface area contributed by atoms with Crippen LogP contribution in [-0.2, 0) is 6.42 Å². The molecule has 0 bridgehead atoms. The summed E-state index contributed by atoms with van der Waals surface area (Å²) in [6, 6.07) is 7.96. The summed E-state index contributed by atoms with van der Waals surface area (Å²) >= 11 is 0. The molecular weight excluding hydrogens is 244 g/mol. The second-order valence-corrected chi connectivity index (χ2v) is 6.82. The zero-order valence-corrected chi connectivity index (χ0v) is 12.4. The van der Waals surface area contributed by atoms with E-state index in [1.54, 1.807) is 0 Å². The van der Waals surface area contributed by atoms with Gasteiger partial charge in [0.1, 0.15) is 0 Å². The molecule has 1 atom stereocenters. The molecule has 0 amide bonds. The van der Waals surface area contributed by atoms with E-state index in [0.29, 0.717) is 0 Å². The van der Waals surface area contributed by atoms with Crippen LogP contribution in [0.15, 0.2) is 18.2 Å². The first-order valence-corrected chi connectivity index (χ1v) is 8.55. The quantitative estimate of drug-likeness (QED) is 0.866. The van der Waals surface area contributed by atoms with Gasteiger partial charge in [-0.15, -0.1) is 0 Å². The molecule has 3 aliphatic rings. The van der Waals surface area contributed by atoms with E-state index in [4.69, 9.17) is 0 Å². The Labute approximate surface area is 122 Å². The predicted octanol–water partition coefficient (Wildman–Crippen LogP) is 4.20. The molecule has 0 spiro atoms. The van der Waals surface area contributed by atoms with Crippen LogP contribution in [0.3, 0.4) is 0 Å². The summed E-state index contributed by atoms with van der Waals surface area (Å²) in [7, 11) is 0. The Bertz CT molecular complexity index is 476. The third-order valence-corrected chi connectivity index (χ3v) is 5.60. The third-order valence-electron chi connectivity index (χ3n) is 5.60. The number of nitrogens with zero attached hydrogens (tertiary/aromatic N) is 1. The molecule has 2 fully saturated rings. The highest BCUT2D eigenvalue weighted by molar-refractivity contribution is 5.62. The van der Waals surface area contributed by atoms with E-state index in [1.807, 2.05) is 0 Å². The van der Waals surface area contributed by atoms with Crippen molar-refractivity contribution < 1.29 is 0 Å². The van der Waals surface area contributed by atoms with Crippen LogP contribution in [0, 0.1) is 5.92 Å². The fourth-order valence-electron chi connectivity index (χ4n) is 4.59. The van der Waals surface area contributed by atoms with E-state index < -0.39 is 0 Å². The van der Waals surface area contributed by atoms with Gasteiger partial charge in [-0.1, -0.05) is 12.8 Å². The molecule has 1 N–H and O–H groups in total. The number of rotatable bonds is 2. The summed E-state index contributed by atoms with van der Waals surface area (Å²) in [5.74, 6) is 0.964. The molecule has 1 aliphatic carbocycles. The van der Waals surface area contributed by atoms with Crippen LogP contribution in [0.2, 0.25) is 0 Å². The molecule has 1 aromatic rings. The molecule has 0 radical (unpaired) electrons. The molecule has 2 nitrogen and oxygen atoms in total. The van der Waals surface area contributed by atoms with Crippen LogP contribution >= 0.6 is 0 Å². The van der Waals surface area contributed by atoms with Gasteiger partial charge in [-0.2, -0.15) is 0 Å². The molecule has 108 valence electrons. The van der Waals surface area contributed by atoms with Crippen LogP contribution in [0.25, 0.3) is 0 Å². The molecule has 1 unspecified atom stereocenters. The van der Waals surface area contributed by atoms with E-state index in [1.165, 1.54) is 74.8 Å². The van der Waals surface area contributed by atoms with Crippen LogP contribution in [0.4, 0.5) is 11.4 Å². The van der Waals surface area contributed by atoms with Crippen molar-refractivity contribution in [3.05, 3.63) is 23.8 Å². The van der Waals surface area contributed by atoms with Crippen LogP contribution in [0.5, 0.6) is 0 Å². The van der Waals surface area contributed by atoms with Crippen molar-refractivity contribution >= 4 is 11.4 Å². The number of hydrogen-bond acceptors (Lipinski definition) is 2. The molecular formula is C18H26N2. The fourth-order valence-corrected chi connectivity index (χ4v) is 4.59. The van der Waals surface area contributed by atoms with Crippen molar-refractivity contribution in [1.82, 2.24) is 0 Å². The van der Waals surface area contributed by atoms with E-state index in [9.17, 15) is 0 Å². The van der Waals surface area contributed by atoms with Crippen molar-refractivity contribution in [3.8, 4) is 0 Å². The van der Waals surface area contributed by atoms with Gasteiger partial charge in [0.15, 0.2) is 0 Å². The maximum atomic E-state index is 3.53. The first-order valence-electron chi connectivity index (χ1n) is 8.55. The summed E-state index contributed by atoms with van der Waals surface area (Å²) in [6.07, 6.45) is 11.2. The number of fused-ring (bicyclic) bond motifs is 1. The van der Waals surface area contributed by atoms with Gasteiger partial charge in [0.2, 0.25) is 0 Å². The molecule has 1 saturated heterocycles. The molecule has 2 heteroatoms. The normalized spacial score (nSPS) is 26.6. The minimum Gasteiger partial charge on any atom is -0.385 e. The standard InChI is InChI=1S/C18H26N2/c1-2-6-14(5-1)18-8-4-12-20(18)16-9-10-17-15(13-16)7-3-11-19-17/h9-10,13-14,18-19H,1-8,11-12H2. The Morgan fingerprint density at radius 3 is 2.80 bits per heavy atom. The van der Waals surface area contributed by atoms with Crippen LogP contribution < -0.4 is 10.2 Å². The average Bonchev–Trinajstić information content (AvgIpc) is 3.17. The highest BCUT2D eigenvalue weighted by Crippen LogP contribution is 2.38. The van der Waals surface area contributed by atoms with Gasteiger partial charge < -0.3 is 10.2 Å². The number of benzene rings is 1. The molecule has 4 rings (SSSR count). The maximum Gasteiger partial charge on any atom is 0.0374 e. The molecule has 2 heterocycles. The number of aryl methyl sites for hydroxylation is 1. The molecule has 1 saturated carbocycles. The van der Waals surface area contributed by atoms with Crippen molar-refractivity contribution in [2.24, 2.45) is 5.92 Å². The largest absolute Gasteiger partial charge is 0.385 e. The first-order chi connectivity index (χ1) is 9.92. The number of nitrogens with one attached hydrogen (secondary N) is 1. The van der Waals surface area contributed by atoms with Crippen molar-refractivity contribution in [2.75, 3.05) is 23.3 Å². The zero-order chi connectivity index (χ0) is 13.4. The predicted molar refractivity (Wildman–Crippen MR) is 85.6 cm³/mol. The molecule has 0 aromatic heterocycles. The summed E-state index contributed by atoms with van der Waals surface area (Å²) in [5.41, 5.74) is 4.39. The van der Waals surface area contributed by atoms with Gasteiger partial charge in [-0.3, -0.25) is 0 Å². The summed E-state index contributed by atoms with van der Waals surface area (Å²) < 4.78 is 0. The summed E-state index contributed by atoms with van der Waals surface area (Å²) in [4.78, 5) is 2.73. The highest BCUT2D eigenvalue weighted by Gasteiger charge is 2.33. The van der Waals surface area contributed by atoms with E-state index >= 15 is 0 Å². The molecule has 1 aromatic carbocycles. The van der Waals surface area contributed by atoms with Gasteiger partial charge in [0.05, 0.1) is 0 Å². The van der Waals surface area contributed by atoms with Gasteiger partial charge >= 0.3 is 0 Å². The second-order valence-electron chi connectivity index (χ2n) is 6.82. The summed E-state index contributed by atoms with van der Waals surface area (Å²) in [5, 5.41) is 3.53. The average molecular weight is 270 g/mol.